The lowest BCUT2D eigenvalue weighted by atomic mass is 9.91. The van der Waals surface area contributed by atoms with E-state index >= 15 is 0 Å². The van der Waals surface area contributed by atoms with Gasteiger partial charge in [0.2, 0.25) is 0 Å². The Labute approximate surface area is 230 Å². The van der Waals surface area contributed by atoms with Crippen molar-refractivity contribution in [2.75, 3.05) is 5.75 Å². The normalized spacial score (nSPS) is 12.5. The van der Waals surface area contributed by atoms with E-state index in [2.05, 4.69) is 63.2 Å². The third-order valence-corrected chi connectivity index (χ3v) is 8.55. The summed E-state index contributed by atoms with van der Waals surface area (Å²) in [5.41, 5.74) is 0.0837. The third kappa shape index (κ3) is 14.4. The molecule has 1 aromatic heterocycles. The Hall–Kier alpha value is -0.510. The van der Waals surface area contributed by atoms with Crippen LogP contribution in [0.2, 0.25) is 0 Å². The zero-order valence-electron chi connectivity index (χ0n) is 25.6. The number of hydrogen-bond acceptors (Lipinski definition) is 3. The Morgan fingerprint density at radius 2 is 0.972 bits per heavy atom. The Morgan fingerprint density at radius 1 is 0.556 bits per heavy atom. The van der Waals surface area contributed by atoms with E-state index in [0.717, 1.165) is 16.7 Å². The molecule has 1 aromatic rings. The van der Waals surface area contributed by atoms with Gasteiger partial charge < -0.3 is 0 Å². The van der Waals surface area contributed by atoms with E-state index in [0.29, 0.717) is 0 Å². The van der Waals surface area contributed by atoms with Crippen molar-refractivity contribution < 1.29 is 0 Å². The van der Waals surface area contributed by atoms with E-state index in [1.54, 1.807) is 0 Å². The summed E-state index contributed by atoms with van der Waals surface area (Å²) in [4.78, 5) is 0. The topological polar surface area (TPSA) is 30.7 Å². The Kier molecular flexibility index (Phi) is 18.2. The quantitative estimate of drug-likeness (QED) is 0.106. The molecule has 0 aliphatic rings. The van der Waals surface area contributed by atoms with Gasteiger partial charge in [-0.15, -0.1) is 10.2 Å². The lowest BCUT2D eigenvalue weighted by Gasteiger charge is -2.32. The Balaban J connectivity index is 2.20. The molecule has 1 heterocycles. The van der Waals surface area contributed by atoms with Gasteiger partial charge in [-0.2, -0.15) is 0 Å². The average Bonchev–Trinajstić information content (AvgIpc) is 3.27. The molecule has 0 bridgehead atoms. The molecular weight excluding hydrogens is 458 g/mol. The molecule has 0 fully saturated rings. The van der Waals surface area contributed by atoms with Crippen molar-refractivity contribution in [1.29, 1.82) is 0 Å². The van der Waals surface area contributed by atoms with Crippen molar-refractivity contribution in [3.63, 3.8) is 0 Å². The summed E-state index contributed by atoms with van der Waals surface area (Å²) in [5.74, 6) is 2.30. The highest BCUT2D eigenvalue weighted by Crippen LogP contribution is 2.34. The third-order valence-electron chi connectivity index (χ3n) is 7.53. The predicted molar refractivity (Wildman–Crippen MR) is 162 cm³/mol. The van der Waals surface area contributed by atoms with E-state index in [9.17, 15) is 0 Å². The second kappa shape index (κ2) is 19.5. The summed E-state index contributed by atoms with van der Waals surface area (Å²) in [6.07, 6.45) is 27.8. The summed E-state index contributed by atoms with van der Waals surface area (Å²) in [5, 5.41) is 10.5. The zero-order chi connectivity index (χ0) is 26.7. The number of unbranched alkanes of at least 4 members (excludes halogenated alkanes) is 17. The van der Waals surface area contributed by atoms with Gasteiger partial charge in [-0.05, 0) is 26.7 Å². The highest BCUT2D eigenvalue weighted by Gasteiger charge is 2.32. The molecule has 0 aliphatic carbocycles. The maximum Gasteiger partial charge on any atom is 0.191 e. The molecule has 0 aromatic carbocycles. The van der Waals surface area contributed by atoms with Crippen LogP contribution in [0.1, 0.15) is 183 Å². The highest BCUT2D eigenvalue weighted by molar-refractivity contribution is 7.99. The fraction of sp³-hybridized carbons (Fsp3) is 0.938. The molecule has 212 valence electrons. The smallest absolute Gasteiger partial charge is 0.191 e. The van der Waals surface area contributed by atoms with Crippen LogP contribution in [0.5, 0.6) is 0 Å². The van der Waals surface area contributed by atoms with Crippen molar-refractivity contribution >= 4 is 11.8 Å². The molecule has 36 heavy (non-hydrogen) atoms. The fourth-order valence-electron chi connectivity index (χ4n) is 5.13. The Bertz CT molecular complexity index is 644. The van der Waals surface area contributed by atoms with Crippen LogP contribution < -0.4 is 0 Å². The van der Waals surface area contributed by atoms with Gasteiger partial charge in [-0.25, -0.2) is 0 Å². The number of hydrogen-bond donors (Lipinski definition) is 0. The van der Waals surface area contributed by atoms with E-state index in [-0.39, 0.29) is 11.0 Å². The minimum absolute atomic E-state index is 0.0160. The first-order chi connectivity index (χ1) is 17.2. The zero-order valence-corrected chi connectivity index (χ0v) is 26.4. The maximum absolute atomic E-state index is 4.67. The van der Waals surface area contributed by atoms with Crippen LogP contribution in [0.25, 0.3) is 0 Å². The summed E-state index contributed by atoms with van der Waals surface area (Å²) >= 11 is 1.93. The van der Waals surface area contributed by atoms with Gasteiger partial charge in [-0.1, -0.05) is 162 Å². The first kappa shape index (κ1) is 33.5. The summed E-state index contributed by atoms with van der Waals surface area (Å²) in [7, 11) is 0. The fourth-order valence-corrected chi connectivity index (χ4v) is 6.22. The minimum Gasteiger partial charge on any atom is -0.300 e. The average molecular weight is 522 g/mol. The van der Waals surface area contributed by atoms with Gasteiger partial charge in [0, 0.05) is 16.7 Å². The second-order valence-corrected chi connectivity index (χ2v) is 13.9. The van der Waals surface area contributed by atoms with Crippen molar-refractivity contribution in [3.8, 4) is 0 Å². The van der Waals surface area contributed by atoms with Crippen LogP contribution in [-0.2, 0) is 11.0 Å². The van der Waals surface area contributed by atoms with E-state index in [1.807, 2.05) is 11.8 Å². The molecule has 0 atom stereocenters. The van der Waals surface area contributed by atoms with Crippen LogP contribution in [0.15, 0.2) is 5.16 Å². The number of nitrogens with zero attached hydrogens (tertiary/aromatic N) is 3. The van der Waals surface area contributed by atoms with Crippen molar-refractivity contribution in [3.05, 3.63) is 5.82 Å². The second-order valence-electron chi connectivity index (χ2n) is 12.8. The Morgan fingerprint density at radius 3 is 1.42 bits per heavy atom. The standard InChI is InChI=1S/C32H63N3S/c1-8-10-12-13-14-15-16-17-18-19-20-21-22-23-24-26-28-36-30-34-33-29(31(3,4)5)35(30)32(6,7)27-25-11-9-2/h8-28H2,1-7H3. The van der Waals surface area contributed by atoms with E-state index in [4.69, 9.17) is 0 Å². The number of rotatable bonds is 23. The SMILES string of the molecule is CCCCCCCCCCCCCCCCCCSc1nnc(C(C)(C)C)n1C(C)(C)CCCCC. The molecule has 0 unspecified atom stereocenters. The molecule has 0 aliphatic heterocycles. The molecule has 0 radical (unpaired) electrons. The first-order valence-electron chi connectivity index (χ1n) is 15.8. The van der Waals surface area contributed by atoms with Gasteiger partial charge in [0.05, 0.1) is 0 Å². The van der Waals surface area contributed by atoms with Gasteiger partial charge in [0.1, 0.15) is 5.82 Å². The molecule has 0 amide bonds. The van der Waals surface area contributed by atoms with Crippen molar-refractivity contribution in [1.82, 2.24) is 14.8 Å². The molecule has 0 saturated carbocycles. The molecule has 0 saturated heterocycles. The maximum atomic E-state index is 4.67. The summed E-state index contributed by atoms with van der Waals surface area (Å²) < 4.78 is 2.47. The summed E-state index contributed by atoms with van der Waals surface area (Å²) in [6.45, 7) is 16.1. The molecule has 4 heteroatoms. The van der Waals surface area contributed by atoms with Gasteiger partial charge in [0.25, 0.3) is 0 Å². The van der Waals surface area contributed by atoms with Crippen LogP contribution in [0.4, 0.5) is 0 Å². The number of aromatic nitrogens is 3. The summed E-state index contributed by atoms with van der Waals surface area (Å²) in [6, 6.07) is 0. The first-order valence-corrected chi connectivity index (χ1v) is 16.8. The van der Waals surface area contributed by atoms with E-state index in [1.165, 1.54) is 128 Å². The number of thioether (sulfide) groups is 1. The van der Waals surface area contributed by atoms with Crippen LogP contribution in [0, 0.1) is 0 Å². The minimum atomic E-state index is 0.0160. The molecule has 0 spiro atoms. The van der Waals surface area contributed by atoms with Gasteiger partial charge >= 0.3 is 0 Å². The van der Waals surface area contributed by atoms with Gasteiger partial charge in [0.15, 0.2) is 5.16 Å². The molecule has 0 N–H and O–H groups in total. The largest absolute Gasteiger partial charge is 0.300 e. The van der Waals surface area contributed by atoms with Gasteiger partial charge in [-0.3, -0.25) is 4.57 Å². The van der Waals surface area contributed by atoms with E-state index < -0.39 is 0 Å². The monoisotopic (exact) mass is 521 g/mol. The highest BCUT2D eigenvalue weighted by atomic mass is 32.2. The lowest BCUT2D eigenvalue weighted by Crippen LogP contribution is -2.33. The van der Waals surface area contributed by atoms with Crippen molar-refractivity contribution in [2.24, 2.45) is 0 Å². The van der Waals surface area contributed by atoms with Crippen LogP contribution in [0.3, 0.4) is 0 Å². The van der Waals surface area contributed by atoms with Crippen molar-refractivity contribution in [2.45, 2.75) is 193 Å². The molecule has 1 rings (SSSR count). The lowest BCUT2D eigenvalue weighted by molar-refractivity contribution is 0.271. The molecule has 3 nitrogen and oxygen atoms in total. The van der Waals surface area contributed by atoms with Crippen LogP contribution in [-0.4, -0.2) is 20.5 Å². The van der Waals surface area contributed by atoms with Crippen LogP contribution >= 0.6 is 11.8 Å². The molecular formula is C32H63N3S. The predicted octanol–water partition coefficient (Wildman–Crippen LogP) is 11.2.